The number of alkyl halides is 1. The lowest BCUT2D eigenvalue weighted by Gasteiger charge is -2.16. The number of rotatable bonds is 3. The van der Waals surface area contributed by atoms with Crippen molar-refractivity contribution in [2.75, 3.05) is 4.43 Å². The first kappa shape index (κ1) is 13.4. The third kappa shape index (κ3) is 2.68. The van der Waals surface area contributed by atoms with Gasteiger partial charge in [-0.2, -0.15) is 0 Å². The summed E-state index contributed by atoms with van der Waals surface area (Å²) in [7, 11) is 0. The first-order valence-corrected chi connectivity index (χ1v) is 7.05. The van der Waals surface area contributed by atoms with Crippen molar-refractivity contribution in [2.45, 2.75) is 25.6 Å². The van der Waals surface area contributed by atoms with E-state index in [4.69, 9.17) is 15.2 Å². The van der Waals surface area contributed by atoms with Gasteiger partial charge in [-0.05, 0) is 19.1 Å². The molecule has 1 heterocycles. The number of hydrogen-bond acceptors (Lipinski definition) is 3. The standard InChI is InChI=1S/C12H13FINO3/c1-6(17-12(15)16)10-4-8(13)2-7-3-9(5-14)18-11(7)10/h2,4,6,9H,3,5H2,1H3,(H2,15,16)/t6-,9?/m1/s1. The number of benzene rings is 1. The Balaban J connectivity index is 2.34. The van der Waals surface area contributed by atoms with Gasteiger partial charge in [0.1, 0.15) is 23.8 Å². The first-order chi connectivity index (χ1) is 8.51. The molecular weight excluding hydrogens is 352 g/mol. The van der Waals surface area contributed by atoms with E-state index in [1.165, 1.54) is 12.1 Å². The van der Waals surface area contributed by atoms with E-state index < -0.39 is 12.2 Å². The van der Waals surface area contributed by atoms with Gasteiger partial charge in [0.25, 0.3) is 0 Å². The second kappa shape index (κ2) is 5.29. The number of nitrogens with two attached hydrogens (primary N) is 1. The highest BCUT2D eigenvalue weighted by Crippen LogP contribution is 2.38. The molecule has 0 aliphatic carbocycles. The Morgan fingerprint density at radius 1 is 1.72 bits per heavy atom. The van der Waals surface area contributed by atoms with Crippen molar-refractivity contribution in [3.8, 4) is 5.75 Å². The van der Waals surface area contributed by atoms with Gasteiger partial charge in [0.2, 0.25) is 0 Å². The number of amides is 1. The van der Waals surface area contributed by atoms with Crippen LogP contribution in [0.5, 0.6) is 5.75 Å². The number of fused-ring (bicyclic) bond motifs is 1. The van der Waals surface area contributed by atoms with Crippen LogP contribution in [0.4, 0.5) is 9.18 Å². The Hall–Kier alpha value is -1.05. The Morgan fingerprint density at radius 3 is 3.06 bits per heavy atom. The quantitative estimate of drug-likeness (QED) is 0.662. The van der Waals surface area contributed by atoms with E-state index in [9.17, 15) is 9.18 Å². The van der Waals surface area contributed by atoms with E-state index in [1.54, 1.807) is 6.92 Å². The highest BCUT2D eigenvalue weighted by atomic mass is 127. The highest BCUT2D eigenvalue weighted by Gasteiger charge is 2.28. The minimum Gasteiger partial charge on any atom is -0.489 e. The van der Waals surface area contributed by atoms with Crippen LogP contribution in [-0.2, 0) is 11.2 Å². The van der Waals surface area contributed by atoms with Crippen LogP contribution in [0, 0.1) is 5.82 Å². The average Bonchev–Trinajstić information content (AvgIpc) is 2.69. The molecule has 0 saturated carbocycles. The van der Waals surface area contributed by atoms with E-state index in [0.717, 1.165) is 9.99 Å². The third-order valence-electron chi connectivity index (χ3n) is 2.79. The number of ether oxygens (including phenoxy) is 2. The summed E-state index contributed by atoms with van der Waals surface area (Å²) in [6.45, 7) is 1.64. The van der Waals surface area contributed by atoms with Crippen LogP contribution < -0.4 is 10.5 Å². The minimum atomic E-state index is -0.885. The lowest BCUT2D eigenvalue weighted by molar-refractivity contribution is 0.114. The summed E-state index contributed by atoms with van der Waals surface area (Å²) < 4.78 is 25.0. The predicted octanol–water partition coefficient (Wildman–Crippen LogP) is 2.72. The monoisotopic (exact) mass is 365 g/mol. The van der Waals surface area contributed by atoms with Crippen molar-refractivity contribution in [1.29, 1.82) is 0 Å². The van der Waals surface area contributed by atoms with Gasteiger partial charge in [-0.1, -0.05) is 22.6 Å². The third-order valence-corrected chi connectivity index (χ3v) is 3.78. The number of carbonyl (C=O) groups is 1. The van der Waals surface area contributed by atoms with Gasteiger partial charge in [0.05, 0.1) is 0 Å². The largest absolute Gasteiger partial charge is 0.489 e. The summed E-state index contributed by atoms with van der Waals surface area (Å²) in [4.78, 5) is 10.8. The van der Waals surface area contributed by atoms with E-state index in [0.29, 0.717) is 17.7 Å². The smallest absolute Gasteiger partial charge is 0.405 e. The topological polar surface area (TPSA) is 61.5 Å². The van der Waals surface area contributed by atoms with Crippen LogP contribution in [0.1, 0.15) is 24.2 Å². The zero-order valence-corrected chi connectivity index (χ0v) is 11.9. The van der Waals surface area contributed by atoms with Crippen LogP contribution in [-0.4, -0.2) is 16.6 Å². The van der Waals surface area contributed by atoms with Crippen molar-refractivity contribution in [3.05, 3.63) is 29.1 Å². The Labute approximate surface area is 118 Å². The predicted molar refractivity (Wildman–Crippen MR) is 72.5 cm³/mol. The summed E-state index contributed by atoms with van der Waals surface area (Å²) in [5.74, 6) is 0.258. The second-order valence-corrected chi connectivity index (χ2v) is 5.04. The maximum Gasteiger partial charge on any atom is 0.405 e. The first-order valence-electron chi connectivity index (χ1n) is 5.52. The maximum atomic E-state index is 13.5. The second-order valence-electron chi connectivity index (χ2n) is 4.16. The molecule has 0 spiro atoms. The van der Waals surface area contributed by atoms with E-state index in [2.05, 4.69) is 22.6 Å². The molecule has 0 radical (unpaired) electrons. The van der Waals surface area contributed by atoms with Crippen molar-refractivity contribution < 1.29 is 18.7 Å². The molecule has 2 rings (SSSR count). The molecule has 0 bridgehead atoms. The number of halogens is 2. The van der Waals surface area contributed by atoms with Gasteiger partial charge < -0.3 is 15.2 Å². The lowest BCUT2D eigenvalue weighted by atomic mass is 10.0. The number of hydrogen-bond donors (Lipinski definition) is 1. The minimum absolute atomic E-state index is 0.0435. The molecule has 0 saturated heterocycles. The van der Waals surface area contributed by atoms with E-state index >= 15 is 0 Å². The van der Waals surface area contributed by atoms with Crippen molar-refractivity contribution in [3.63, 3.8) is 0 Å². The fourth-order valence-electron chi connectivity index (χ4n) is 2.05. The van der Waals surface area contributed by atoms with Crippen LogP contribution in [0.2, 0.25) is 0 Å². The molecule has 1 unspecified atom stereocenters. The molecule has 2 atom stereocenters. The normalized spacial score (nSPS) is 18.9. The van der Waals surface area contributed by atoms with Gasteiger partial charge in [-0.15, -0.1) is 0 Å². The van der Waals surface area contributed by atoms with Gasteiger partial charge >= 0.3 is 6.09 Å². The SMILES string of the molecule is C[C@@H](OC(N)=O)c1cc(F)cc2c1OC(CI)C2. The number of primary amides is 1. The molecule has 1 amide bonds. The molecule has 6 heteroatoms. The molecule has 2 N–H and O–H groups in total. The molecule has 1 aliphatic rings. The number of carbonyl (C=O) groups excluding carboxylic acids is 1. The van der Waals surface area contributed by atoms with Crippen LogP contribution in [0.3, 0.4) is 0 Å². The molecule has 0 fully saturated rings. The zero-order chi connectivity index (χ0) is 13.3. The summed E-state index contributed by atoms with van der Waals surface area (Å²) in [6, 6.07) is 2.78. The lowest BCUT2D eigenvalue weighted by Crippen LogP contribution is -2.17. The van der Waals surface area contributed by atoms with Crippen LogP contribution in [0.15, 0.2) is 12.1 Å². The van der Waals surface area contributed by atoms with Gasteiger partial charge in [-0.25, -0.2) is 9.18 Å². The summed E-state index contributed by atoms with van der Waals surface area (Å²) in [5.41, 5.74) is 6.31. The van der Waals surface area contributed by atoms with E-state index in [1.807, 2.05) is 0 Å². The molecular formula is C12H13FINO3. The summed E-state index contributed by atoms with van der Waals surface area (Å²) in [5, 5.41) is 0. The van der Waals surface area contributed by atoms with Crippen molar-refractivity contribution >= 4 is 28.7 Å². The Bertz CT molecular complexity index is 481. The van der Waals surface area contributed by atoms with E-state index in [-0.39, 0.29) is 11.9 Å². The highest BCUT2D eigenvalue weighted by molar-refractivity contribution is 14.1. The van der Waals surface area contributed by atoms with Gasteiger partial charge in [0.15, 0.2) is 0 Å². The zero-order valence-electron chi connectivity index (χ0n) is 9.78. The fraction of sp³-hybridized carbons (Fsp3) is 0.417. The molecule has 18 heavy (non-hydrogen) atoms. The molecule has 0 aromatic heterocycles. The Morgan fingerprint density at radius 2 is 2.44 bits per heavy atom. The molecule has 4 nitrogen and oxygen atoms in total. The summed E-state index contributed by atoms with van der Waals surface area (Å²) >= 11 is 2.22. The van der Waals surface area contributed by atoms with Gasteiger partial charge in [-0.3, -0.25) is 0 Å². The van der Waals surface area contributed by atoms with Crippen LogP contribution >= 0.6 is 22.6 Å². The fourth-order valence-corrected chi connectivity index (χ4v) is 2.54. The average molecular weight is 365 g/mol. The van der Waals surface area contributed by atoms with Crippen molar-refractivity contribution in [1.82, 2.24) is 0 Å². The van der Waals surface area contributed by atoms with Crippen LogP contribution in [0.25, 0.3) is 0 Å². The maximum absolute atomic E-state index is 13.5. The van der Waals surface area contributed by atoms with Gasteiger partial charge in [0, 0.05) is 22.0 Å². The molecule has 1 aliphatic heterocycles. The molecule has 1 aromatic rings. The Kier molecular flexibility index (Phi) is 3.94. The molecule has 1 aromatic carbocycles. The molecule has 98 valence electrons. The van der Waals surface area contributed by atoms with Crippen molar-refractivity contribution in [2.24, 2.45) is 5.73 Å². The summed E-state index contributed by atoms with van der Waals surface area (Å²) in [6.07, 6.45) is -0.794.